The van der Waals surface area contributed by atoms with Gasteiger partial charge in [-0.15, -0.1) is 5.10 Å². The third-order valence-corrected chi connectivity index (χ3v) is 6.23. The summed E-state index contributed by atoms with van der Waals surface area (Å²) in [6, 6.07) is 21.4. The van der Waals surface area contributed by atoms with Crippen LogP contribution >= 0.6 is 12.2 Å². The molecule has 2 N–H and O–H groups in total. The Morgan fingerprint density at radius 3 is 2.43 bits per heavy atom. The Morgan fingerprint density at radius 2 is 1.71 bits per heavy atom. The smallest absolute Gasteiger partial charge is 0.265 e. The van der Waals surface area contributed by atoms with Gasteiger partial charge in [0, 0.05) is 30.5 Å². The van der Waals surface area contributed by atoms with Crippen molar-refractivity contribution in [3.05, 3.63) is 83.6 Å². The SMILES string of the molecule is Cn1c(/C=C2\C(=O)NC(=S)N(CCc3ccccc3)C2=O)ccc1-c1ccc(-c2nnn[nH]2)cc1. The number of aromatic nitrogens is 5. The third-order valence-electron chi connectivity index (χ3n) is 5.90. The standard InChI is InChI=1S/C25H21N7O2S/c1-31-19(11-12-21(31)17-7-9-18(10-8-17)22-27-29-30-28-22)15-20-23(33)26-25(35)32(24(20)34)14-13-16-5-3-2-4-6-16/h2-12,15H,13-14H2,1H3,(H,26,33,35)(H,27,28,29,30)/b20-15+. The third kappa shape index (κ3) is 4.51. The number of H-pyrrole nitrogens is 1. The summed E-state index contributed by atoms with van der Waals surface area (Å²) in [5.41, 5.74) is 4.62. The minimum atomic E-state index is -0.497. The molecule has 2 aromatic heterocycles. The number of hydrogen-bond acceptors (Lipinski definition) is 6. The van der Waals surface area contributed by atoms with Crippen LogP contribution in [0, 0.1) is 0 Å². The molecule has 1 aliphatic rings. The van der Waals surface area contributed by atoms with Gasteiger partial charge < -0.3 is 4.57 Å². The molecular weight excluding hydrogens is 462 g/mol. The summed E-state index contributed by atoms with van der Waals surface area (Å²) in [6.45, 7) is 0.380. The number of nitrogens with zero attached hydrogens (tertiary/aromatic N) is 5. The monoisotopic (exact) mass is 483 g/mol. The highest BCUT2D eigenvalue weighted by Gasteiger charge is 2.33. The van der Waals surface area contributed by atoms with Crippen molar-refractivity contribution in [1.29, 1.82) is 0 Å². The number of rotatable bonds is 6. The molecule has 0 spiro atoms. The lowest BCUT2D eigenvalue weighted by atomic mass is 10.1. The van der Waals surface area contributed by atoms with Gasteiger partial charge in [0.15, 0.2) is 10.9 Å². The maximum absolute atomic E-state index is 13.2. The van der Waals surface area contributed by atoms with Gasteiger partial charge in [0.05, 0.1) is 0 Å². The number of benzene rings is 2. The number of carbonyl (C=O) groups excluding carboxylic acids is 2. The van der Waals surface area contributed by atoms with Gasteiger partial charge in [-0.1, -0.05) is 54.6 Å². The Balaban J connectivity index is 1.38. The number of amides is 2. The molecule has 2 amide bonds. The number of thiocarbonyl (C=S) groups is 1. The first-order chi connectivity index (χ1) is 17.0. The highest BCUT2D eigenvalue weighted by Crippen LogP contribution is 2.26. The zero-order valence-corrected chi connectivity index (χ0v) is 19.6. The molecule has 0 radical (unpaired) electrons. The summed E-state index contributed by atoms with van der Waals surface area (Å²) in [5, 5.41) is 16.6. The van der Waals surface area contributed by atoms with Crippen molar-refractivity contribution in [1.82, 2.24) is 35.4 Å². The van der Waals surface area contributed by atoms with Gasteiger partial charge in [0.25, 0.3) is 11.8 Å². The first-order valence-electron chi connectivity index (χ1n) is 10.9. The Labute approximate surface area is 206 Å². The van der Waals surface area contributed by atoms with Gasteiger partial charge in [0.1, 0.15) is 5.57 Å². The minimum Gasteiger partial charge on any atom is -0.344 e. The van der Waals surface area contributed by atoms with Gasteiger partial charge in [-0.2, -0.15) is 0 Å². The first-order valence-corrected chi connectivity index (χ1v) is 11.3. The van der Waals surface area contributed by atoms with Crippen molar-refractivity contribution in [2.45, 2.75) is 6.42 Å². The van der Waals surface area contributed by atoms with E-state index in [1.807, 2.05) is 78.3 Å². The fraction of sp³-hybridized carbons (Fsp3) is 0.120. The second-order valence-corrected chi connectivity index (χ2v) is 8.43. The molecule has 1 aliphatic heterocycles. The number of hydrogen-bond donors (Lipinski definition) is 2. The topological polar surface area (TPSA) is 109 Å². The van der Waals surface area contributed by atoms with E-state index in [9.17, 15) is 9.59 Å². The Hall–Kier alpha value is -4.44. The molecule has 5 rings (SSSR count). The fourth-order valence-corrected chi connectivity index (χ4v) is 4.24. The zero-order chi connectivity index (χ0) is 24.4. The van der Waals surface area contributed by atoms with E-state index in [1.54, 1.807) is 6.08 Å². The molecule has 10 heteroatoms. The fourth-order valence-electron chi connectivity index (χ4n) is 3.97. The number of aromatic amines is 1. The predicted molar refractivity (Wildman–Crippen MR) is 135 cm³/mol. The molecule has 2 aromatic carbocycles. The normalized spacial score (nSPS) is 15.1. The van der Waals surface area contributed by atoms with Crippen LogP contribution in [0.2, 0.25) is 0 Å². The van der Waals surface area contributed by atoms with Gasteiger partial charge in [0.2, 0.25) is 0 Å². The summed E-state index contributed by atoms with van der Waals surface area (Å²) in [7, 11) is 1.89. The Bertz CT molecular complexity index is 1420. The Morgan fingerprint density at radius 1 is 0.971 bits per heavy atom. The molecule has 4 aromatic rings. The molecule has 0 saturated carbocycles. The molecule has 35 heavy (non-hydrogen) atoms. The van der Waals surface area contributed by atoms with Crippen LogP contribution in [0.1, 0.15) is 11.3 Å². The maximum atomic E-state index is 13.2. The molecule has 1 saturated heterocycles. The molecule has 9 nitrogen and oxygen atoms in total. The van der Waals surface area contributed by atoms with Crippen LogP contribution in [-0.2, 0) is 23.1 Å². The molecule has 0 atom stereocenters. The molecule has 174 valence electrons. The van der Waals surface area contributed by atoms with Crippen molar-refractivity contribution in [3.8, 4) is 22.6 Å². The van der Waals surface area contributed by atoms with E-state index in [0.29, 0.717) is 18.8 Å². The average molecular weight is 484 g/mol. The maximum Gasteiger partial charge on any atom is 0.265 e. The number of carbonyl (C=O) groups is 2. The Kier molecular flexibility index (Phi) is 6.02. The van der Waals surface area contributed by atoms with E-state index in [4.69, 9.17) is 12.2 Å². The minimum absolute atomic E-state index is 0.0487. The van der Waals surface area contributed by atoms with Crippen LogP contribution in [0.15, 0.2) is 72.3 Å². The van der Waals surface area contributed by atoms with Gasteiger partial charge in [-0.25, -0.2) is 5.10 Å². The second-order valence-electron chi connectivity index (χ2n) is 8.04. The summed E-state index contributed by atoms with van der Waals surface area (Å²) in [6.07, 6.45) is 2.23. The van der Waals surface area contributed by atoms with Crippen molar-refractivity contribution in [2.75, 3.05) is 6.54 Å². The van der Waals surface area contributed by atoms with E-state index < -0.39 is 11.8 Å². The van der Waals surface area contributed by atoms with E-state index in [-0.39, 0.29) is 10.7 Å². The summed E-state index contributed by atoms with van der Waals surface area (Å²) in [4.78, 5) is 27.3. The molecule has 1 fully saturated rings. The first kappa shape index (κ1) is 22.4. The van der Waals surface area contributed by atoms with Crippen molar-refractivity contribution >= 4 is 35.2 Å². The summed E-state index contributed by atoms with van der Waals surface area (Å²) < 4.78 is 1.93. The number of nitrogens with one attached hydrogen (secondary N) is 2. The second kappa shape index (κ2) is 9.43. The average Bonchev–Trinajstić information content (AvgIpc) is 3.53. The molecule has 3 heterocycles. The quantitative estimate of drug-likeness (QED) is 0.248. The van der Waals surface area contributed by atoms with Crippen LogP contribution in [-0.4, -0.2) is 53.6 Å². The van der Waals surface area contributed by atoms with Crippen LogP contribution in [0.25, 0.3) is 28.7 Å². The van der Waals surface area contributed by atoms with Crippen molar-refractivity contribution in [3.63, 3.8) is 0 Å². The van der Waals surface area contributed by atoms with Crippen molar-refractivity contribution < 1.29 is 9.59 Å². The van der Waals surface area contributed by atoms with E-state index in [0.717, 1.165) is 28.1 Å². The zero-order valence-electron chi connectivity index (χ0n) is 18.8. The van der Waals surface area contributed by atoms with Crippen molar-refractivity contribution in [2.24, 2.45) is 7.05 Å². The van der Waals surface area contributed by atoms with Gasteiger partial charge >= 0.3 is 0 Å². The lowest BCUT2D eigenvalue weighted by Gasteiger charge is -2.29. The van der Waals surface area contributed by atoms with E-state index >= 15 is 0 Å². The van der Waals surface area contributed by atoms with Crippen LogP contribution in [0.4, 0.5) is 0 Å². The molecule has 0 bridgehead atoms. The highest BCUT2D eigenvalue weighted by atomic mass is 32.1. The lowest BCUT2D eigenvalue weighted by Crippen LogP contribution is -2.54. The largest absolute Gasteiger partial charge is 0.344 e. The van der Waals surface area contributed by atoms with E-state index in [2.05, 4.69) is 25.9 Å². The van der Waals surface area contributed by atoms with Gasteiger partial charge in [-0.05, 0) is 58.4 Å². The summed E-state index contributed by atoms with van der Waals surface area (Å²) >= 11 is 5.27. The molecular formula is C25H21N7O2S. The molecule has 0 aliphatic carbocycles. The van der Waals surface area contributed by atoms with E-state index in [1.165, 1.54) is 4.90 Å². The molecule has 0 unspecified atom stereocenters. The predicted octanol–water partition coefficient (Wildman–Crippen LogP) is 2.74. The summed E-state index contributed by atoms with van der Waals surface area (Å²) in [5.74, 6) is -0.309. The number of tetrazole rings is 1. The lowest BCUT2D eigenvalue weighted by molar-refractivity contribution is -0.128. The van der Waals surface area contributed by atoms with Crippen LogP contribution < -0.4 is 5.32 Å². The van der Waals surface area contributed by atoms with Crippen LogP contribution in [0.5, 0.6) is 0 Å². The van der Waals surface area contributed by atoms with Gasteiger partial charge in [-0.3, -0.25) is 19.8 Å². The van der Waals surface area contributed by atoms with Crippen LogP contribution in [0.3, 0.4) is 0 Å². The highest BCUT2D eigenvalue weighted by molar-refractivity contribution is 7.80.